The first-order valence-electron chi connectivity index (χ1n) is 8.57. The van der Waals surface area contributed by atoms with Crippen molar-refractivity contribution in [2.45, 2.75) is 6.54 Å². The average Bonchev–Trinajstić information content (AvgIpc) is 2.73. The minimum atomic E-state index is -0.198. The molecule has 0 unspecified atom stereocenters. The number of carbonyl (C=O) groups is 1. The van der Waals surface area contributed by atoms with E-state index in [0.717, 1.165) is 11.3 Å². The molecule has 6 nitrogen and oxygen atoms in total. The Hall–Kier alpha value is -3.25. The number of pyridine rings is 1. The summed E-state index contributed by atoms with van der Waals surface area (Å²) in [4.78, 5) is 16.7. The Labute approximate surface area is 168 Å². The van der Waals surface area contributed by atoms with Crippen molar-refractivity contribution in [2.24, 2.45) is 0 Å². The second kappa shape index (κ2) is 9.10. The molecule has 1 aromatic heterocycles. The maximum atomic E-state index is 12.5. The third-order valence-electron chi connectivity index (χ3n) is 4.04. The largest absolute Gasteiger partial charge is 0.493 e. The number of carbonyl (C=O) groups excluding carboxylic acids is 1. The lowest BCUT2D eigenvalue weighted by Crippen LogP contribution is -2.23. The second-order valence-corrected chi connectivity index (χ2v) is 6.37. The van der Waals surface area contributed by atoms with Gasteiger partial charge < -0.3 is 20.1 Å². The number of aromatic nitrogens is 1. The molecular formula is C21H20ClN3O3. The number of nitrogens with zero attached hydrogens (tertiary/aromatic N) is 1. The van der Waals surface area contributed by atoms with E-state index in [2.05, 4.69) is 15.6 Å². The predicted octanol–water partition coefficient (Wildman–Crippen LogP) is 4.43. The van der Waals surface area contributed by atoms with Gasteiger partial charge in [-0.3, -0.25) is 4.79 Å². The van der Waals surface area contributed by atoms with E-state index in [1.807, 2.05) is 24.3 Å². The van der Waals surface area contributed by atoms with Crippen molar-refractivity contribution in [2.75, 3.05) is 19.5 Å². The standard InChI is InChI=1S/C21H20ClN3O3/c1-27-18-8-3-14(11-19(18)28-2)13-24-21(26)15-9-10-23-20(12-15)25-17-6-4-16(22)5-7-17/h3-12H,13H2,1-2H3,(H,23,25)(H,24,26). The molecule has 0 aliphatic carbocycles. The van der Waals surface area contributed by atoms with Crippen molar-refractivity contribution in [1.82, 2.24) is 10.3 Å². The SMILES string of the molecule is COc1ccc(CNC(=O)c2ccnc(Nc3ccc(Cl)cc3)c2)cc1OC. The lowest BCUT2D eigenvalue weighted by atomic mass is 10.2. The molecule has 0 atom stereocenters. The lowest BCUT2D eigenvalue weighted by molar-refractivity contribution is 0.0951. The van der Waals surface area contributed by atoms with Crippen LogP contribution in [0.25, 0.3) is 0 Å². The molecule has 3 aromatic rings. The van der Waals surface area contributed by atoms with Crippen LogP contribution < -0.4 is 20.1 Å². The quantitative estimate of drug-likeness (QED) is 0.617. The molecule has 0 aliphatic rings. The Balaban J connectivity index is 1.65. The van der Waals surface area contributed by atoms with E-state index in [4.69, 9.17) is 21.1 Å². The van der Waals surface area contributed by atoms with E-state index in [-0.39, 0.29) is 5.91 Å². The third kappa shape index (κ3) is 4.92. The minimum absolute atomic E-state index is 0.198. The highest BCUT2D eigenvalue weighted by molar-refractivity contribution is 6.30. The van der Waals surface area contributed by atoms with Crippen LogP contribution >= 0.6 is 11.6 Å². The van der Waals surface area contributed by atoms with E-state index in [9.17, 15) is 4.79 Å². The Kier molecular flexibility index (Phi) is 6.34. The summed E-state index contributed by atoms with van der Waals surface area (Å²) in [5.41, 5.74) is 2.24. The molecule has 1 heterocycles. The van der Waals surface area contributed by atoms with Gasteiger partial charge in [-0.25, -0.2) is 4.98 Å². The summed E-state index contributed by atoms with van der Waals surface area (Å²) in [6, 6.07) is 16.1. The summed E-state index contributed by atoms with van der Waals surface area (Å²) >= 11 is 5.89. The smallest absolute Gasteiger partial charge is 0.251 e. The van der Waals surface area contributed by atoms with Gasteiger partial charge in [-0.05, 0) is 54.1 Å². The molecule has 144 valence electrons. The van der Waals surface area contributed by atoms with E-state index < -0.39 is 0 Å². The van der Waals surface area contributed by atoms with Gasteiger partial charge in [0.15, 0.2) is 11.5 Å². The van der Waals surface area contributed by atoms with Crippen LogP contribution in [0.2, 0.25) is 5.02 Å². The lowest BCUT2D eigenvalue weighted by Gasteiger charge is -2.11. The number of rotatable bonds is 7. The van der Waals surface area contributed by atoms with Crippen LogP contribution in [-0.4, -0.2) is 25.1 Å². The molecular weight excluding hydrogens is 378 g/mol. The highest BCUT2D eigenvalue weighted by atomic mass is 35.5. The van der Waals surface area contributed by atoms with Crippen LogP contribution in [-0.2, 0) is 6.54 Å². The van der Waals surface area contributed by atoms with Crippen molar-refractivity contribution in [3.8, 4) is 11.5 Å². The van der Waals surface area contributed by atoms with Gasteiger partial charge in [-0.15, -0.1) is 0 Å². The minimum Gasteiger partial charge on any atom is -0.493 e. The molecule has 2 aromatic carbocycles. The van der Waals surface area contributed by atoms with Crippen molar-refractivity contribution < 1.29 is 14.3 Å². The first kappa shape index (κ1) is 19.5. The zero-order chi connectivity index (χ0) is 19.9. The summed E-state index contributed by atoms with van der Waals surface area (Å²) in [7, 11) is 3.16. The van der Waals surface area contributed by atoms with Gasteiger partial charge in [0.1, 0.15) is 5.82 Å². The zero-order valence-corrected chi connectivity index (χ0v) is 16.3. The zero-order valence-electron chi connectivity index (χ0n) is 15.5. The van der Waals surface area contributed by atoms with Gasteiger partial charge in [0.25, 0.3) is 5.91 Å². The van der Waals surface area contributed by atoms with Gasteiger partial charge in [0.2, 0.25) is 0 Å². The summed E-state index contributed by atoms with van der Waals surface area (Å²) in [6.07, 6.45) is 1.59. The fourth-order valence-electron chi connectivity index (χ4n) is 2.60. The van der Waals surface area contributed by atoms with Crippen LogP contribution in [0.3, 0.4) is 0 Å². The summed E-state index contributed by atoms with van der Waals surface area (Å²) in [5, 5.41) is 6.70. The molecule has 0 radical (unpaired) electrons. The van der Waals surface area contributed by atoms with Gasteiger partial charge >= 0.3 is 0 Å². The van der Waals surface area contributed by atoms with Crippen molar-refractivity contribution in [3.63, 3.8) is 0 Å². The topological polar surface area (TPSA) is 72.5 Å². The van der Waals surface area contributed by atoms with E-state index in [1.54, 1.807) is 50.7 Å². The maximum absolute atomic E-state index is 12.5. The molecule has 0 saturated carbocycles. The van der Waals surface area contributed by atoms with Crippen molar-refractivity contribution >= 4 is 29.0 Å². The Morgan fingerprint density at radius 1 is 1.00 bits per heavy atom. The number of hydrogen-bond acceptors (Lipinski definition) is 5. The molecule has 3 rings (SSSR count). The summed E-state index contributed by atoms with van der Waals surface area (Å²) in [5.74, 6) is 1.63. The number of amides is 1. The van der Waals surface area contributed by atoms with Crippen LogP contribution in [0.15, 0.2) is 60.8 Å². The first-order chi connectivity index (χ1) is 13.6. The van der Waals surface area contributed by atoms with Crippen LogP contribution in [0, 0.1) is 0 Å². The highest BCUT2D eigenvalue weighted by Gasteiger charge is 2.09. The van der Waals surface area contributed by atoms with Crippen molar-refractivity contribution in [3.05, 3.63) is 76.9 Å². The Morgan fingerprint density at radius 2 is 1.75 bits per heavy atom. The molecule has 0 saturated heterocycles. The number of benzene rings is 2. The molecule has 0 spiro atoms. The van der Waals surface area contributed by atoms with E-state index >= 15 is 0 Å². The molecule has 1 amide bonds. The second-order valence-electron chi connectivity index (χ2n) is 5.93. The fourth-order valence-corrected chi connectivity index (χ4v) is 2.72. The normalized spacial score (nSPS) is 10.2. The third-order valence-corrected chi connectivity index (χ3v) is 4.29. The van der Waals surface area contributed by atoms with Gasteiger partial charge in [-0.2, -0.15) is 0 Å². The average molecular weight is 398 g/mol. The highest BCUT2D eigenvalue weighted by Crippen LogP contribution is 2.27. The van der Waals surface area contributed by atoms with E-state index in [0.29, 0.717) is 34.4 Å². The van der Waals surface area contributed by atoms with Crippen LogP contribution in [0.1, 0.15) is 15.9 Å². The number of nitrogens with one attached hydrogen (secondary N) is 2. The predicted molar refractivity (Wildman–Crippen MR) is 110 cm³/mol. The molecule has 7 heteroatoms. The first-order valence-corrected chi connectivity index (χ1v) is 8.94. The molecule has 2 N–H and O–H groups in total. The number of anilines is 2. The van der Waals surface area contributed by atoms with Gasteiger partial charge in [-0.1, -0.05) is 17.7 Å². The molecule has 0 aliphatic heterocycles. The van der Waals surface area contributed by atoms with Gasteiger partial charge in [0.05, 0.1) is 14.2 Å². The molecule has 0 bridgehead atoms. The van der Waals surface area contributed by atoms with Crippen LogP contribution in [0.5, 0.6) is 11.5 Å². The summed E-state index contributed by atoms with van der Waals surface area (Å²) in [6.45, 7) is 0.363. The number of methoxy groups -OCH3 is 2. The summed E-state index contributed by atoms with van der Waals surface area (Å²) < 4.78 is 10.5. The Bertz CT molecular complexity index is 961. The number of hydrogen-bond donors (Lipinski definition) is 2. The Morgan fingerprint density at radius 3 is 2.46 bits per heavy atom. The van der Waals surface area contributed by atoms with Gasteiger partial charge in [0, 0.05) is 29.0 Å². The van der Waals surface area contributed by atoms with Crippen molar-refractivity contribution in [1.29, 1.82) is 0 Å². The van der Waals surface area contributed by atoms with E-state index in [1.165, 1.54) is 0 Å². The van der Waals surface area contributed by atoms with Crippen LogP contribution in [0.4, 0.5) is 11.5 Å². The maximum Gasteiger partial charge on any atom is 0.251 e. The molecule has 0 fully saturated rings. The number of halogens is 1. The number of ether oxygens (including phenoxy) is 2. The molecule has 28 heavy (non-hydrogen) atoms. The monoisotopic (exact) mass is 397 g/mol. The fraction of sp³-hybridized carbons (Fsp3) is 0.143.